The fourth-order valence-electron chi connectivity index (χ4n) is 3.20. The van der Waals surface area contributed by atoms with Crippen LogP contribution in [0, 0.1) is 0 Å². The number of methoxy groups -OCH3 is 2. The molecule has 1 aliphatic rings. The standard InChI is InChI=1S/C20H20O6/c1-24-17-6-5-13(10-18(17)25-2)19-15(11-22)14-8-12(4-3-7-21)9-16(23)20(14)26-19/h3-10,15,19,22-23H,11H2,1-2H3/b4-3+/t15-,19?/m1/s1. The molecule has 2 aromatic rings. The topological polar surface area (TPSA) is 85.2 Å². The molecule has 0 saturated carbocycles. The van der Waals surface area contributed by atoms with Crippen molar-refractivity contribution in [1.29, 1.82) is 0 Å². The van der Waals surface area contributed by atoms with Crippen LogP contribution < -0.4 is 14.2 Å². The molecular weight excluding hydrogens is 336 g/mol. The van der Waals surface area contributed by atoms with E-state index >= 15 is 0 Å². The molecule has 3 rings (SSSR count). The molecule has 0 spiro atoms. The molecule has 6 nitrogen and oxygen atoms in total. The Bertz CT molecular complexity index is 842. The van der Waals surface area contributed by atoms with Crippen LogP contribution in [-0.4, -0.2) is 37.3 Å². The summed E-state index contributed by atoms with van der Waals surface area (Å²) in [7, 11) is 3.11. The lowest BCUT2D eigenvalue weighted by atomic mass is 9.90. The van der Waals surface area contributed by atoms with E-state index in [0.29, 0.717) is 34.7 Å². The number of aliphatic hydroxyl groups is 1. The monoisotopic (exact) mass is 356 g/mol. The molecule has 1 heterocycles. The number of hydrogen-bond acceptors (Lipinski definition) is 6. The van der Waals surface area contributed by atoms with Gasteiger partial charge in [-0.05, 0) is 41.5 Å². The Morgan fingerprint density at radius 3 is 2.58 bits per heavy atom. The van der Waals surface area contributed by atoms with Crippen molar-refractivity contribution in [2.45, 2.75) is 12.0 Å². The van der Waals surface area contributed by atoms with E-state index in [-0.39, 0.29) is 18.3 Å². The third-order valence-corrected chi connectivity index (χ3v) is 4.43. The van der Waals surface area contributed by atoms with Crippen molar-refractivity contribution in [1.82, 2.24) is 0 Å². The maximum absolute atomic E-state index is 10.5. The second-order valence-corrected chi connectivity index (χ2v) is 5.90. The fourth-order valence-corrected chi connectivity index (χ4v) is 3.20. The minimum absolute atomic E-state index is 0.0329. The van der Waals surface area contributed by atoms with Gasteiger partial charge >= 0.3 is 0 Å². The smallest absolute Gasteiger partial charge is 0.165 e. The van der Waals surface area contributed by atoms with Gasteiger partial charge in [-0.25, -0.2) is 0 Å². The summed E-state index contributed by atoms with van der Waals surface area (Å²) >= 11 is 0. The van der Waals surface area contributed by atoms with E-state index < -0.39 is 6.10 Å². The van der Waals surface area contributed by atoms with Crippen LogP contribution in [0.15, 0.2) is 36.4 Å². The van der Waals surface area contributed by atoms with Crippen LogP contribution >= 0.6 is 0 Å². The highest BCUT2D eigenvalue weighted by Crippen LogP contribution is 2.51. The summed E-state index contributed by atoms with van der Waals surface area (Å²) in [6, 6.07) is 8.72. The zero-order chi connectivity index (χ0) is 18.7. The first-order valence-corrected chi connectivity index (χ1v) is 8.11. The molecule has 136 valence electrons. The first kappa shape index (κ1) is 17.8. The molecule has 0 aliphatic carbocycles. The minimum atomic E-state index is -0.481. The van der Waals surface area contributed by atoms with Gasteiger partial charge in [0.2, 0.25) is 0 Å². The molecule has 2 N–H and O–H groups in total. The van der Waals surface area contributed by atoms with E-state index in [0.717, 1.165) is 5.56 Å². The van der Waals surface area contributed by atoms with Crippen molar-refractivity contribution in [3.05, 3.63) is 53.1 Å². The summed E-state index contributed by atoms with van der Waals surface area (Å²) < 4.78 is 16.5. The zero-order valence-corrected chi connectivity index (χ0v) is 14.5. The molecule has 0 radical (unpaired) electrons. The highest BCUT2D eigenvalue weighted by molar-refractivity contribution is 5.75. The van der Waals surface area contributed by atoms with E-state index in [1.165, 1.54) is 12.1 Å². The number of aliphatic hydroxyl groups excluding tert-OH is 1. The second-order valence-electron chi connectivity index (χ2n) is 5.90. The Morgan fingerprint density at radius 1 is 1.15 bits per heavy atom. The summed E-state index contributed by atoms with van der Waals surface area (Å²) in [6.45, 7) is -0.160. The number of allylic oxidation sites excluding steroid dienone is 1. The molecule has 0 fully saturated rings. The number of phenolic OH excluding ortho intramolecular Hbond substituents is 1. The number of benzene rings is 2. The Labute approximate surface area is 151 Å². The van der Waals surface area contributed by atoms with E-state index in [4.69, 9.17) is 14.2 Å². The van der Waals surface area contributed by atoms with E-state index in [1.54, 1.807) is 38.5 Å². The summed E-state index contributed by atoms with van der Waals surface area (Å²) in [4.78, 5) is 10.5. The van der Waals surface area contributed by atoms with Gasteiger partial charge in [-0.2, -0.15) is 0 Å². The molecule has 2 aromatic carbocycles. The number of hydrogen-bond donors (Lipinski definition) is 2. The van der Waals surface area contributed by atoms with E-state index in [2.05, 4.69) is 0 Å². The number of aldehydes is 1. The van der Waals surface area contributed by atoms with Crippen LogP contribution in [0.4, 0.5) is 0 Å². The van der Waals surface area contributed by atoms with Gasteiger partial charge in [0, 0.05) is 5.56 Å². The molecule has 1 aliphatic heterocycles. The second kappa shape index (κ2) is 7.49. The first-order chi connectivity index (χ1) is 12.6. The van der Waals surface area contributed by atoms with Gasteiger partial charge < -0.3 is 24.4 Å². The van der Waals surface area contributed by atoms with Crippen molar-refractivity contribution in [3.8, 4) is 23.0 Å². The van der Waals surface area contributed by atoms with Gasteiger partial charge in [0.15, 0.2) is 23.0 Å². The largest absolute Gasteiger partial charge is 0.504 e. The fraction of sp³-hybridized carbons (Fsp3) is 0.250. The number of phenols is 1. The number of aromatic hydroxyl groups is 1. The minimum Gasteiger partial charge on any atom is -0.504 e. The Balaban J connectivity index is 2.02. The predicted octanol–water partition coefficient (Wildman–Crippen LogP) is 2.83. The van der Waals surface area contributed by atoms with Crippen LogP contribution in [0.25, 0.3) is 6.08 Å². The first-order valence-electron chi connectivity index (χ1n) is 8.11. The average Bonchev–Trinajstić information content (AvgIpc) is 3.04. The molecule has 6 heteroatoms. The highest BCUT2D eigenvalue weighted by Gasteiger charge is 2.37. The lowest BCUT2D eigenvalue weighted by molar-refractivity contribution is -0.104. The van der Waals surface area contributed by atoms with Crippen LogP contribution in [0.1, 0.15) is 28.7 Å². The van der Waals surface area contributed by atoms with E-state index in [9.17, 15) is 15.0 Å². The third kappa shape index (κ3) is 3.11. The van der Waals surface area contributed by atoms with E-state index in [1.807, 2.05) is 6.07 Å². The maximum atomic E-state index is 10.5. The summed E-state index contributed by atoms with van der Waals surface area (Å²) in [5.41, 5.74) is 2.14. The molecule has 2 atom stereocenters. The van der Waals surface area contributed by atoms with Crippen molar-refractivity contribution >= 4 is 12.4 Å². The van der Waals surface area contributed by atoms with Crippen molar-refractivity contribution in [3.63, 3.8) is 0 Å². The van der Waals surface area contributed by atoms with Crippen LogP contribution in [0.5, 0.6) is 23.0 Å². The third-order valence-electron chi connectivity index (χ3n) is 4.43. The number of rotatable bonds is 6. The summed E-state index contributed by atoms with van der Waals surface area (Å²) in [5, 5.41) is 20.2. The van der Waals surface area contributed by atoms with Gasteiger partial charge in [-0.3, -0.25) is 4.79 Å². The summed E-state index contributed by atoms with van der Waals surface area (Å²) in [5.74, 6) is 1.09. The number of carbonyl (C=O) groups is 1. The van der Waals surface area contributed by atoms with Gasteiger partial charge in [-0.1, -0.05) is 12.1 Å². The molecule has 0 saturated heterocycles. The predicted molar refractivity (Wildman–Crippen MR) is 95.9 cm³/mol. The lowest BCUT2D eigenvalue weighted by Gasteiger charge is -2.19. The number of fused-ring (bicyclic) bond motifs is 1. The van der Waals surface area contributed by atoms with Crippen LogP contribution in [0.3, 0.4) is 0 Å². The molecule has 0 bridgehead atoms. The van der Waals surface area contributed by atoms with Crippen molar-refractivity contribution < 1.29 is 29.2 Å². The van der Waals surface area contributed by atoms with Gasteiger partial charge in [0.05, 0.1) is 26.7 Å². The van der Waals surface area contributed by atoms with Crippen molar-refractivity contribution in [2.24, 2.45) is 0 Å². The average molecular weight is 356 g/mol. The molecular formula is C20H20O6. The SMILES string of the molecule is COc1ccc(C2Oc3c(O)cc(/C=C/C=O)cc3[C@H]2CO)cc1OC. The maximum Gasteiger partial charge on any atom is 0.165 e. The Kier molecular flexibility index (Phi) is 5.14. The van der Waals surface area contributed by atoms with Crippen molar-refractivity contribution in [2.75, 3.05) is 20.8 Å². The van der Waals surface area contributed by atoms with Crippen LogP contribution in [0.2, 0.25) is 0 Å². The summed E-state index contributed by atoms with van der Waals surface area (Å²) in [6.07, 6.45) is 3.12. The molecule has 0 aromatic heterocycles. The van der Waals surface area contributed by atoms with Gasteiger partial charge in [0.1, 0.15) is 12.4 Å². The quantitative estimate of drug-likeness (QED) is 0.612. The highest BCUT2D eigenvalue weighted by atomic mass is 16.5. The normalized spacial score (nSPS) is 18.4. The Morgan fingerprint density at radius 2 is 1.92 bits per heavy atom. The number of ether oxygens (including phenoxy) is 3. The lowest BCUT2D eigenvalue weighted by Crippen LogP contribution is -2.13. The van der Waals surface area contributed by atoms with Gasteiger partial charge in [0.25, 0.3) is 0 Å². The van der Waals surface area contributed by atoms with Crippen LogP contribution in [-0.2, 0) is 4.79 Å². The molecule has 26 heavy (non-hydrogen) atoms. The van der Waals surface area contributed by atoms with Gasteiger partial charge in [-0.15, -0.1) is 0 Å². The zero-order valence-electron chi connectivity index (χ0n) is 14.5. The molecule has 0 amide bonds. The number of carbonyl (C=O) groups excluding carboxylic acids is 1. The molecule has 1 unspecified atom stereocenters. The Hall–Kier alpha value is -2.99.